The predicted octanol–water partition coefficient (Wildman–Crippen LogP) is 3.44. The summed E-state index contributed by atoms with van der Waals surface area (Å²) in [6, 6.07) is 8.68. The smallest absolute Gasteiger partial charge is 0.208 e. The van der Waals surface area contributed by atoms with Crippen LogP contribution in [-0.2, 0) is 18.9 Å². The summed E-state index contributed by atoms with van der Waals surface area (Å²) in [7, 11) is 0. The summed E-state index contributed by atoms with van der Waals surface area (Å²) in [6.45, 7) is 6.91. The van der Waals surface area contributed by atoms with Gasteiger partial charge in [0.05, 0.1) is 44.2 Å². The first-order valence-electron chi connectivity index (χ1n) is 13.3. The third-order valence-corrected chi connectivity index (χ3v) is 6.92. The van der Waals surface area contributed by atoms with Crippen molar-refractivity contribution < 1.29 is 42.7 Å². The van der Waals surface area contributed by atoms with Crippen LogP contribution in [-0.4, -0.2) is 91.8 Å². The summed E-state index contributed by atoms with van der Waals surface area (Å²) >= 11 is 0. The number of hydrogen-bond acceptors (Lipinski definition) is 9. The summed E-state index contributed by atoms with van der Waals surface area (Å²) in [6.07, 6.45) is -0.168. The van der Waals surface area contributed by atoms with Crippen molar-refractivity contribution in [2.24, 2.45) is 5.73 Å². The van der Waals surface area contributed by atoms with Crippen LogP contribution in [0.2, 0.25) is 0 Å². The number of ether oxygens (including phenoxy) is 5. The van der Waals surface area contributed by atoms with Crippen LogP contribution in [0.1, 0.15) is 59.4 Å². The monoisotopic (exact) mass is 560 g/mol. The van der Waals surface area contributed by atoms with E-state index in [2.05, 4.69) is 0 Å². The lowest BCUT2D eigenvalue weighted by Crippen LogP contribution is -2.57. The highest BCUT2D eigenvalue weighted by molar-refractivity contribution is 5.42. The molecule has 1 aromatic rings. The summed E-state index contributed by atoms with van der Waals surface area (Å²) in [5.74, 6) is -1.70. The number of nitriles is 1. The Morgan fingerprint density at radius 1 is 1.00 bits per heavy atom. The van der Waals surface area contributed by atoms with Crippen molar-refractivity contribution in [1.82, 2.24) is 0 Å². The molecule has 5 unspecified atom stereocenters. The van der Waals surface area contributed by atoms with E-state index >= 15 is 4.39 Å². The Bertz CT molecular complexity index is 884. The van der Waals surface area contributed by atoms with Crippen molar-refractivity contribution in [2.75, 3.05) is 52.8 Å². The molecule has 0 fully saturated rings. The number of para-hydroxylation sites is 1. The third kappa shape index (κ3) is 12.0. The van der Waals surface area contributed by atoms with Gasteiger partial charge in [-0.25, -0.2) is 8.78 Å². The number of aliphatic hydroxyl groups is 2. The molecule has 0 aliphatic rings. The minimum absolute atomic E-state index is 0.0245. The summed E-state index contributed by atoms with van der Waals surface area (Å²) < 4.78 is 58.0. The van der Waals surface area contributed by atoms with Crippen LogP contribution < -0.4 is 10.5 Å². The first-order valence-corrected chi connectivity index (χ1v) is 13.3. The molecule has 0 aliphatic carbocycles. The van der Waals surface area contributed by atoms with E-state index in [-0.39, 0.29) is 59.2 Å². The molecule has 0 radical (unpaired) electrons. The van der Waals surface area contributed by atoms with E-state index in [0.717, 1.165) is 0 Å². The fourth-order valence-electron chi connectivity index (χ4n) is 3.45. The van der Waals surface area contributed by atoms with E-state index in [9.17, 15) is 14.6 Å². The summed E-state index contributed by atoms with van der Waals surface area (Å²) in [5.41, 5.74) is 2.10. The molecule has 0 saturated heterocycles. The zero-order valence-electron chi connectivity index (χ0n) is 23.9. The second-order valence-corrected chi connectivity index (χ2v) is 10.4. The van der Waals surface area contributed by atoms with Crippen LogP contribution in [0.3, 0.4) is 0 Å². The van der Waals surface area contributed by atoms with Crippen LogP contribution in [0.25, 0.3) is 0 Å². The van der Waals surface area contributed by atoms with E-state index in [1.807, 2.05) is 13.0 Å². The SMILES string of the molecule is CCC(C)(CCO)OCC(C)(F)C(C)(CN)OCCC(C)(F)OCCOCC(O)COc1ccccc1C#N. The second kappa shape index (κ2) is 16.4. The normalized spacial score (nSPS) is 18.7. The van der Waals surface area contributed by atoms with Gasteiger partial charge in [0.15, 0.2) is 5.67 Å². The number of alkyl halides is 2. The van der Waals surface area contributed by atoms with Gasteiger partial charge in [-0.1, -0.05) is 19.1 Å². The summed E-state index contributed by atoms with van der Waals surface area (Å²) in [4.78, 5) is 0. The molecule has 9 nitrogen and oxygen atoms in total. The van der Waals surface area contributed by atoms with E-state index in [0.29, 0.717) is 24.2 Å². The molecule has 0 aromatic heterocycles. The van der Waals surface area contributed by atoms with Crippen LogP contribution in [0.5, 0.6) is 5.75 Å². The highest BCUT2D eigenvalue weighted by Crippen LogP contribution is 2.33. The Morgan fingerprint density at radius 3 is 2.31 bits per heavy atom. The lowest BCUT2D eigenvalue weighted by Gasteiger charge is -2.42. The predicted molar refractivity (Wildman–Crippen MR) is 143 cm³/mol. The van der Waals surface area contributed by atoms with Gasteiger partial charge in [0.25, 0.3) is 0 Å². The first-order chi connectivity index (χ1) is 18.3. The maximum absolute atomic E-state index is 15.6. The van der Waals surface area contributed by atoms with Crippen LogP contribution in [0, 0.1) is 11.3 Å². The molecule has 5 atom stereocenters. The maximum Gasteiger partial charge on any atom is 0.208 e. The Kier molecular flexibility index (Phi) is 14.7. The molecule has 11 heteroatoms. The van der Waals surface area contributed by atoms with Gasteiger partial charge in [-0.3, -0.25) is 0 Å². The minimum Gasteiger partial charge on any atom is -0.489 e. The van der Waals surface area contributed by atoms with Crippen LogP contribution >= 0.6 is 0 Å². The molecule has 0 amide bonds. The molecule has 1 aromatic carbocycles. The number of nitrogens with two attached hydrogens (primary N) is 1. The van der Waals surface area contributed by atoms with Crippen molar-refractivity contribution in [3.05, 3.63) is 29.8 Å². The largest absolute Gasteiger partial charge is 0.489 e. The number of hydrogen-bond donors (Lipinski definition) is 3. The zero-order chi connectivity index (χ0) is 29.6. The molecule has 1 rings (SSSR count). The van der Waals surface area contributed by atoms with Gasteiger partial charge in [-0.2, -0.15) is 5.26 Å². The lowest BCUT2D eigenvalue weighted by atomic mass is 9.87. The van der Waals surface area contributed by atoms with Gasteiger partial charge in [0, 0.05) is 19.6 Å². The average molecular weight is 561 g/mol. The van der Waals surface area contributed by atoms with Gasteiger partial charge < -0.3 is 39.6 Å². The first kappa shape index (κ1) is 35.1. The van der Waals surface area contributed by atoms with Crippen molar-refractivity contribution in [3.63, 3.8) is 0 Å². The van der Waals surface area contributed by atoms with Gasteiger partial charge in [-0.15, -0.1) is 0 Å². The van der Waals surface area contributed by atoms with Crippen molar-refractivity contribution in [1.29, 1.82) is 5.26 Å². The van der Waals surface area contributed by atoms with Crippen LogP contribution in [0.4, 0.5) is 8.78 Å². The highest BCUT2D eigenvalue weighted by atomic mass is 19.2. The van der Waals surface area contributed by atoms with Gasteiger partial charge in [0.2, 0.25) is 5.85 Å². The highest BCUT2D eigenvalue weighted by Gasteiger charge is 2.47. The minimum atomic E-state index is -2.06. The molecule has 224 valence electrons. The molecule has 0 bridgehead atoms. The van der Waals surface area contributed by atoms with Crippen molar-refractivity contribution in [3.8, 4) is 11.8 Å². The Hall–Kier alpha value is -1.91. The topological polar surface area (TPSA) is 136 Å². The molecule has 0 heterocycles. The Balaban J connectivity index is 2.39. The maximum atomic E-state index is 15.6. The average Bonchev–Trinajstić information content (AvgIpc) is 2.90. The molecule has 39 heavy (non-hydrogen) atoms. The van der Waals surface area contributed by atoms with E-state index < -0.39 is 28.8 Å². The van der Waals surface area contributed by atoms with Crippen LogP contribution in [0.15, 0.2) is 24.3 Å². The van der Waals surface area contributed by atoms with Gasteiger partial charge in [0.1, 0.15) is 30.1 Å². The molecular weight excluding hydrogens is 514 g/mol. The van der Waals surface area contributed by atoms with Gasteiger partial charge >= 0.3 is 0 Å². The molecule has 0 saturated carbocycles. The van der Waals surface area contributed by atoms with E-state index in [1.54, 1.807) is 31.2 Å². The molecular formula is C28H46F2N2O7. The summed E-state index contributed by atoms with van der Waals surface area (Å²) in [5, 5.41) is 28.3. The molecule has 0 aliphatic heterocycles. The Morgan fingerprint density at radius 2 is 1.69 bits per heavy atom. The Labute approximate surface area is 231 Å². The number of rotatable bonds is 21. The third-order valence-electron chi connectivity index (χ3n) is 6.92. The number of aliphatic hydroxyl groups excluding tert-OH is 2. The number of nitrogens with zero attached hydrogens (tertiary/aromatic N) is 1. The van der Waals surface area contributed by atoms with Crippen molar-refractivity contribution >= 4 is 0 Å². The van der Waals surface area contributed by atoms with Crippen molar-refractivity contribution in [2.45, 2.75) is 82.7 Å². The number of benzene rings is 1. The van der Waals surface area contributed by atoms with E-state index in [4.69, 9.17) is 34.7 Å². The fourth-order valence-corrected chi connectivity index (χ4v) is 3.45. The van der Waals surface area contributed by atoms with E-state index in [1.165, 1.54) is 20.8 Å². The lowest BCUT2D eigenvalue weighted by molar-refractivity contribution is -0.194. The quantitative estimate of drug-likeness (QED) is 0.193. The number of halogens is 2. The standard InChI is InChI=1S/C28H46F2N2O7/c1-6-25(2,11-13-33)39-21-26(3,29)27(4,20-32)37-14-12-28(5,30)38-16-15-35-18-23(34)19-36-24-10-8-7-9-22(24)17-31/h7-10,23,33-34H,6,11-16,18-21,32H2,1-5H3. The second-order valence-electron chi connectivity index (χ2n) is 10.4. The molecule has 4 N–H and O–H groups in total. The van der Waals surface area contributed by atoms with Gasteiger partial charge in [-0.05, 0) is 52.7 Å². The molecule has 0 spiro atoms. The fraction of sp³-hybridized carbons (Fsp3) is 0.750. The zero-order valence-corrected chi connectivity index (χ0v) is 23.9.